The number of piperidine rings is 1. The van der Waals surface area contributed by atoms with E-state index >= 15 is 0 Å². The molecule has 2 atom stereocenters. The van der Waals surface area contributed by atoms with Crippen molar-refractivity contribution in [3.8, 4) is 0 Å². The maximum Gasteiger partial charge on any atom is 0.122 e. The number of aromatic nitrogens is 2. The number of nitrogens with zero attached hydrogens (tertiary/aromatic N) is 3. The average molecular weight is 269 g/mol. The zero-order chi connectivity index (χ0) is 13.9. The Labute approximate surface area is 113 Å². The maximum atomic E-state index is 9.94. The second-order valence-corrected chi connectivity index (χ2v) is 5.39. The molecule has 19 heavy (non-hydrogen) atoms. The summed E-state index contributed by atoms with van der Waals surface area (Å²) >= 11 is 0. The molecule has 0 saturated carbocycles. The van der Waals surface area contributed by atoms with E-state index in [-0.39, 0.29) is 0 Å². The topological polar surface area (TPSA) is 70.8 Å². The molecule has 0 unspecified atom stereocenters. The van der Waals surface area contributed by atoms with Gasteiger partial charge in [-0.2, -0.15) is 0 Å². The first kappa shape index (κ1) is 14.5. The summed E-state index contributed by atoms with van der Waals surface area (Å²) in [6.07, 6.45) is 3.59. The number of hydrogen-bond donors (Lipinski definition) is 2. The SMILES string of the molecule is COCCn1ccnc1CN1CC[C@](C)(O)[C@@H](O)C1. The summed E-state index contributed by atoms with van der Waals surface area (Å²) in [4.78, 5) is 6.47. The van der Waals surface area contributed by atoms with E-state index in [0.29, 0.717) is 26.1 Å². The van der Waals surface area contributed by atoms with Gasteiger partial charge in [-0.25, -0.2) is 4.98 Å². The fourth-order valence-corrected chi connectivity index (χ4v) is 2.31. The van der Waals surface area contributed by atoms with Gasteiger partial charge in [0.1, 0.15) is 5.82 Å². The molecule has 1 fully saturated rings. The molecule has 2 heterocycles. The summed E-state index contributed by atoms with van der Waals surface area (Å²) < 4.78 is 7.13. The molecular weight excluding hydrogens is 246 g/mol. The van der Waals surface area contributed by atoms with Gasteiger partial charge >= 0.3 is 0 Å². The van der Waals surface area contributed by atoms with Crippen LogP contribution in [-0.4, -0.2) is 63.2 Å². The number of β-amino-alcohol motifs (C(OH)–C–C–N with tert-alkyl or cyclic N) is 1. The molecule has 0 aliphatic carbocycles. The molecule has 0 spiro atoms. The van der Waals surface area contributed by atoms with E-state index in [0.717, 1.165) is 18.9 Å². The normalized spacial score (nSPS) is 28.7. The minimum atomic E-state index is -0.970. The van der Waals surface area contributed by atoms with Crippen molar-refractivity contribution in [1.82, 2.24) is 14.5 Å². The summed E-state index contributed by atoms with van der Waals surface area (Å²) in [5, 5.41) is 19.9. The van der Waals surface area contributed by atoms with E-state index in [9.17, 15) is 10.2 Å². The molecule has 108 valence electrons. The summed E-state index contributed by atoms with van der Waals surface area (Å²) in [5.41, 5.74) is -0.970. The van der Waals surface area contributed by atoms with E-state index in [4.69, 9.17) is 4.74 Å². The van der Waals surface area contributed by atoms with E-state index in [1.54, 1.807) is 20.2 Å². The van der Waals surface area contributed by atoms with Gasteiger partial charge in [-0.3, -0.25) is 4.90 Å². The Kier molecular flexibility index (Phi) is 4.57. The number of aliphatic hydroxyl groups excluding tert-OH is 1. The molecule has 0 aromatic carbocycles. The van der Waals surface area contributed by atoms with Crippen molar-refractivity contribution in [1.29, 1.82) is 0 Å². The van der Waals surface area contributed by atoms with Crippen molar-refractivity contribution < 1.29 is 14.9 Å². The highest BCUT2D eigenvalue weighted by atomic mass is 16.5. The van der Waals surface area contributed by atoms with Crippen LogP contribution in [0.3, 0.4) is 0 Å². The molecule has 1 aliphatic heterocycles. The van der Waals surface area contributed by atoms with Crippen molar-refractivity contribution >= 4 is 0 Å². The Balaban J connectivity index is 1.93. The molecule has 1 aliphatic rings. The Morgan fingerprint density at radius 3 is 3.05 bits per heavy atom. The lowest BCUT2D eigenvalue weighted by atomic mass is 9.91. The van der Waals surface area contributed by atoms with Gasteiger partial charge in [-0.15, -0.1) is 0 Å². The van der Waals surface area contributed by atoms with Crippen LogP contribution in [0.25, 0.3) is 0 Å². The number of aliphatic hydroxyl groups is 2. The van der Waals surface area contributed by atoms with E-state index in [1.807, 2.05) is 6.20 Å². The quantitative estimate of drug-likeness (QED) is 0.778. The maximum absolute atomic E-state index is 9.94. The average Bonchev–Trinajstić information content (AvgIpc) is 2.79. The van der Waals surface area contributed by atoms with Gasteiger partial charge in [0.15, 0.2) is 0 Å². The van der Waals surface area contributed by atoms with Gasteiger partial charge < -0.3 is 19.5 Å². The van der Waals surface area contributed by atoms with E-state index < -0.39 is 11.7 Å². The summed E-state index contributed by atoms with van der Waals surface area (Å²) in [5.74, 6) is 0.964. The minimum absolute atomic E-state index is 0.476. The van der Waals surface area contributed by atoms with Crippen LogP contribution in [0.15, 0.2) is 12.4 Å². The molecule has 1 aromatic heterocycles. The minimum Gasteiger partial charge on any atom is -0.389 e. The van der Waals surface area contributed by atoms with Crippen molar-refractivity contribution in [3.05, 3.63) is 18.2 Å². The van der Waals surface area contributed by atoms with Crippen molar-refractivity contribution in [2.45, 2.75) is 38.1 Å². The van der Waals surface area contributed by atoms with Crippen LogP contribution in [-0.2, 0) is 17.8 Å². The zero-order valence-electron chi connectivity index (χ0n) is 11.6. The van der Waals surface area contributed by atoms with Crippen LogP contribution in [0.5, 0.6) is 0 Å². The fourth-order valence-electron chi connectivity index (χ4n) is 2.31. The molecule has 0 bridgehead atoms. The van der Waals surface area contributed by atoms with Crippen LogP contribution in [0, 0.1) is 0 Å². The number of rotatable bonds is 5. The fraction of sp³-hybridized carbons (Fsp3) is 0.769. The highest BCUT2D eigenvalue weighted by Crippen LogP contribution is 2.22. The van der Waals surface area contributed by atoms with Crippen LogP contribution < -0.4 is 0 Å². The van der Waals surface area contributed by atoms with Gasteiger partial charge in [0.25, 0.3) is 0 Å². The predicted molar refractivity (Wildman–Crippen MR) is 70.6 cm³/mol. The second kappa shape index (κ2) is 6.00. The summed E-state index contributed by atoms with van der Waals surface area (Å²) in [7, 11) is 1.68. The molecule has 1 saturated heterocycles. The Bertz CT molecular complexity index is 406. The molecule has 6 heteroatoms. The van der Waals surface area contributed by atoms with Gasteiger partial charge in [0, 0.05) is 39.1 Å². The van der Waals surface area contributed by atoms with Gasteiger partial charge in [-0.05, 0) is 13.3 Å². The van der Waals surface area contributed by atoms with Crippen molar-refractivity contribution in [3.63, 3.8) is 0 Å². The lowest BCUT2D eigenvalue weighted by Gasteiger charge is -2.39. The summed E-state index contributed by atoms with van der Waals surface area (Å²) in [6.45, 7) is 5.05. The monoisotopic (exact) mass is 269 g/mol. The number of imidazole rings is 1. The highest BCUT2D eigenvalue weighted by Gasteiger charge is 2.36. The van der Waals surface area contributed by atoms with Crippen molar-refractivity contribution in [2.24, 2.45) is 0 Å². The molecule has 6 nitrogen and oxygen atoms in total. The lowest BCUT2D eigenvalue weighted by Crippen LogP contribution is -2.53. The van der Waals surface area contributed by atoms with Gasteiger partial charge in [-0.1, -0.05) is 0 Å². The standard InChI is InChI=1S/C13H23N3O3/c1-13(18)3-5-15(9-11(13)17)10-12-14-4-6-16(12)7-8-19-2/h4,6,11,17-18H,3,5,7-10H2,1-2H3/t11-,13-/m0/s1. The second-order valence-electron chi connectivity index (χ2n) is 5.39. The van der Waals surface area contributed by atoms with Crippen LogP contribution in [0.1, 0.15) is 19.2 Å². The van der Waals surface area contributed by atoms with E-state index in [1.165, 1.54) is 0 Å². The molecule has 2 rings (SSSR count). The lowest BCUT2D eigenvalue weighted by molar-refractivity contribution is -0.109. The molecule has 2 N–H and O–H groups in total. The first-order valence-electron chi connectivity index (χ1n) is 6.64. The third-order valence-corrected chi connectivity index (χ3v) is 3.79. The number of ether oxygens (including phenoxy) is 1. The largest absolute Gasteiger partial charge is 0.389 e. The van der Waals surface area contributed by atoms with Crippen LogP contribution in [0.4, 0.5) is 0 Å². The smallest absolute Gasteiger partial charge is 0.122 e. The highest BCUT2D eigenvalue weighted by molar-refractivity contribution is 4.96. The first-order chi connectivity index (χ1) is 9.03. The van der Waals surface area contributed by atoms with Crippen LogP contribution >= 0.6 is 0 Å². The zero-order valence-corrected chi connectivity index (χ0v) is 11.6. The number of methoxy groups -OCH3 is 1. The van der Waals surface area contributed by atoms with Crippen molar-refractivity contribution in [2.75, 3.05) is 26.8 Å². The number of likely N-dealkylation sites (tertiary alicyclic amines) is 1. The molecule has 1 aromatic rings. The van der Waals surface area contributed by atoms with E-state index in [2.05, 4.69) is 14.5 Å². The number of hydrogen-bond acceptors (Lipinski definition) is 5. The Hall–Kier alpha value is -0.950. The first-order valence-corrected chi connectivity index (χ1v) is 6.64. The van der Waals surface area contributed by atoms with Crippen LogP contribution in [0.2, 0.25) is 0 Å². The Morgan fingerprint density at radius 2 is 2.37 bits per heavy atom. The Morgan fingerprint density at radius 1 is 1.58 bits per heavy atom. The third-order valence-electron chi connectivity index (χ3n) is 3.79. The molecule has 0 radical (unpaired) electrons. The molecular formula is C13H23N3O3. The third kappa shape index (κ3) is 3.54. The van der Waals surface area contributed by atoms with Gasteiger partial charge in [0.2, 0.25) is 0 Å². The molecule has 0 amide bonds. The van der Waals surface area contributed by atoms with Gasteiger partial charge in [0.05, 0.1) is 24.9 Å². The summed E-state index contributed by atoms with van der Waals surface area (Å²) in [6, 6.07) is 0. The predicted octanol–water partition coefficient (Wildman–Crippen LogP) is -0.153.